The first kappa shape index (κ1) is 19.9. The van der Waals surface area contributed by atoms with E-state index in [-0.39, 0.29) is 11.3 Å². The number of rotatable bonds is 3. The van der Waals surface area contributed by atoms with Crippen LogP contribution in [0.3, 0.4) is 0 Å². The minimum atomic E-state index is -0.726. The third-order valence-corrected chi connectivity index (χ3v) is 6.74. The Kier molecular flexibility index (Phi) is 5.34. The molecule has 1 amide bonds. The minimum Gasteiger partial charge on any atom is -0.507 e. The van der Waals surface area contributed by atoms with E-state index in [0.717, 1.165) is 9.35 Å². The number of aliphatic hydroxyl groups excluding tert-OH is 1. The molecule has 4 nitrogen and oxygen atoms in total. The summed E-state index contributed by atoms with van der Waals surface area (Å²) in [5.41, 5.74) is 1.78. The maximum atomic E-state index is 13.1. The van der Waals surface area contributed by atoms with Gasteiger partial charge in [0.25, 0.3) is 11.7 Å². The Balaban J connectivity index is 1.95. The maximum absolute atomic E-state index is 13.1. The van der Waals surface area contributed by atoms with Crippen LogP contribution in [0.25, 0.3) is 5.76 Å². The molecule has 1 atom stereocenters. The Hall–Kier alpha value is -2.41. The molecule has 4 rings (SSSR count). The number of amides is 1. The van der Waals surface area contributed by atoms with Gasteiger partial charge in [-0.15, -0.1) is 11.3 Å². The standard InChI is InChI=1S/C22H15BrClNO3S/c1-12-15(24)4-2-5-16(12)25-19(17-6-3-11-29-17)18(21(27)22(25)28)20(26)13-7-9-14(23)10-8-13/h2-11,19,26H,1H3/b20-18-. The van der Waals surface area contributed by atoms with Gasteiger partial charge < -0.3 is 5.11 Å². The van der Waals surface area contributed by atoms with Gasteiger partial charge in [0, 0.05) is 25.6 Å². The Morgan fingerprint density at radius 3 is 2.48 bits per heavy atom. The first-order valence-corrected chi connectivity index (χ1v) is 10.8. The van der Waals surface area contributed by atoms with Gasteiger partial charge >= 0.3 is 0 Å². The molecule has 146 valence electrons. The first-order chi connectivity index (χ1) is 13.9. The van der Waals surface area contributed by atoms with E-state index in [9.17, 15) is 14.7 Å². The Labute approximate surface area is 185 Å². The van der Waals surface area contributed by atoms with Crippen LogP contribution in [0.5, 0.6) is 0 Å². The average molecular weight is 489 g/mol. The molecule has 1 aromatic heterocycles. The van der Waals surface area contributed by atoms with Crippen LogP contribution in [0.4, 0.5) is 5.69 Å². The van der Waals surface area contributed by atoms with Crippen LogP contribution in [0, 0.1) is 6.92 Å². The highest BCUT2D eigenvalue weighted by molar-refractivity contribution is 9.10. The summed E-state index contributed by atoms with van der Waals surface area (Å²) in [5, 5.41) is 13.4. The van der Waals surface area contributed by atoms with Crippen LogP contribution in [-0.4, -0.2) is 16.8 Å². The second-order valence-electron chi connectivity index (χ2n) is 6.58. The summed E-state index contributed by atoms with van der Waals surface area (Å²) in [6, 6.07) is 15.1. The number of thiophene rings is 1. The fraction of sp³-hybridized carbons (Fsp3) is 0.0909. The second-order valence-corrected chi connectivity index (χ2v) is 8.88. The summed E-state index contributed by atoms with van der Waals surface area (Å²) in [6.45, 7) is 1.80. The van der Waals surface area contributed by atoms with Crippen LogP contribution in [0.2, 0.25) is 5.02 Å². The zero-order chi connectivity index (χ0) is 20.7. The van der Waals surface area contributed by atoms with Crippen molar-refractivity contribution in [3.63, 3.8) is 0 Å². The smallest absolute Gasteiger partial charge is 0.300 e. The third-order valence-electron chi connectivity index (χ3n) is 4.87. The molecule has 0 aliphatic carbocycles. The van der Waals surface area contributed by atoms with Crippen molar-refractivity contribution in [1.29, 1.82) is 0 Å². The molecule has 1 N–H and O–H groups in total. The fourth-order valence-electron chi connectivity index (χ4n) is 3.42. The number of hydrogen-bond acceptors (Lipinski definition) is 4. The van der Waals surface area contributed by atoms with Crippen molar-refractivity contribution in [1.82, 2.24) is 0 Å². The van der Waals surface area contributed by atoms with Gasteiger partial charge in [-0.3, -0.25) is 14.5 Å². The number of hydrogen-bond donors (Lipinski definition) is 1. The predicted octanol–water partition coefficient (Wildman–Crippen LogP) is 6.10. The normalized spacial score (nSPS) is 18.4. The average Bonchev–Trinajstić information content (AvgIpc) is 3.32. The lowest BCUT2D eigenvalue weighted by Gasteiger charge is -2.26. The molecule has 3 aromatic rings. The molecule has 1 unspecified atom stereocenters. The summed E-state index contributed by atoms with van der Waals surface area (Å²) in [6.07, 6.45) is 0. The zero-order valence-corrected chi connectivity index (χ0v) is 18.4. The molecule has 1 aliphatic heterocycles. The lowest BCUT2D eigenvalue weighted by atomic mass is 9.99. The van der Waals surface area contributed by atoms with E-state index >= 15 is 0 Å². The lowest BCUT2D eigenvalue weighted by molar-refractivity contribution is -0.132. The van der Waals surface area contributed by atoms with Gasteiger partial charge in [-0.2, -0.15) is 0 Å². The molecule has 0 radical (unpaired) electrons. The number of anilines is 1. The highest BCUT2D eigenvalue weighted by Gasteiger charge is 2.47. The highest BCUT2D eigenvalue weighted by atomic mass is 79.9. The van der Waals surface area contributed by atoms with Crippen LogP contribution in [0.15, 0.2) is 70.0 Å². The topological polar surface area (TPSA) is 57.6 Å². The van der Waals surface area contributed by atoms with Gasteiger partial charge in [-0.25, -0.2) is 0 Å². The summed E-state index contributed by atoms with van der Waals surface area (Å²) in [5.74, 6) is -1.60. The molecule has 0 saturated carbocycles. The molecule has 2 heterocycles. The Morgan fingerprint density at radius 2 is 1.83 bits per heavy atom. The number of ketones is 1. The van der Waals surface area contributed by atoms with Crippen molar-refractivity contribution in [2.45, 2.75) is 13.0 Å². The molecule has 1 fully saturated rings. The number of halogens is 2. The van der Waals surface area contributed by atoms with Crippen LogP contribution >= 0.6 is 38.9 Å². The molecule has 29 heavy (non-hydrogen) atoms. The van der Waals surface area contributed by atoms with Crippen molar-refractivity contribution in [3.8, 4) is 0 Å². The van der Waals surface area contributed by atoms with Crippen molar-refractivity contribution in [2.24, 2.45) is 0 Å². The number of carbonyl (C=O) groups excluding carboxylic acids is 2. The summed E-state index contributed by atoms with van der Waals surface area (Å²) in [7, 11) is 0. The zero-order valence-electron chi connectivity index (χ0n) is 15.2. The van der Waals surface area contributed by atoms with Gasteiger partial charge in [-0.1, -0.05) is 51.8 Å². The summed E-state index contributed by atoms with van der Waals surface area (Å²) < 4.78 is 0.846. The van der Waals surface area contributed by atoms with E-state index in [1.54, 1.807) is 49.4 Å². The van der Waals surface area contributed by atoms with E-state index in [1.165, 1.54) is 16.2 Å². The van der Waals surface area contributed by atoms with Gasteiger partial charge in [0.05, 0.1) is 5.57 Å². The molecule has 7 heteroatoms. The largest absolute Gasteiger partial charge is 0.507 e. The number of Topliss-reactive ketones (excluding diaryl/α,β-unsaturated/α-hetero) is 1. The summed E-state index contributed by atoms with van der Waals surface area (Å²) >= 11 is 11.1. The molecule has 2 aromatic carbocycles. The molecular weight excluding hydrogens is 474 g/mol. The van der Waals surface area contributed by atoms with Crippen molar-refractivity contribution < 1.29 is 14.7 Å². The van der Waals surface area contributed by atoms with Gasteiger partial charge in [-0.05, 0) is 48.2 Å². The van der Waals surface area contributed by atoms with Gasteiger partial charge in [0.1, 0.15) is 11.8 Å². The summed E-state index contributed by atoms with van der Waals surface area (Å²) in [4.78, 5) is 28.3. The number of aliphatic hydroxyl groups is 1. The van der Waals surface area contributed by atoms with Crippen LogP contribution in [-0.2, 0) is 9.59 Å². The lowest BCUT2D eigenvalue weighted by Crippen LogP contribution is -2.29. The SMILES string of the molecule is Cc1c(Cl)cccc1N1C(=O)C(=O)/C(=C(\O)c2ccc(Br)cc2)C1c1cccs1. The molecule has 0 bridgehead atoms. The second kappa shape index (κ2) is 7.78. The van der Waals surface area contributed by atoms with Gasteiger partial charge in [0.2, 0.25) is 0 Å². The first-order valence-electron chi connectivity index (χ1n) is 8.75. The van der Waals surface area contributed by atoms with Crippen molar-refractivity contribution in [2.75, 3.05) is 4.90 Å². The van der Waals surface area contributed by atoms with Crippen molar-refractivity contribution in [3.05, 3.63) is 91.0 Å². The number of nitrogens with zero attached hydrogens (tertiary/aromatic N) is 1. The molecule has 1 aliphatic rings. The fourth-order valence-corrected chi connectivity index (χ4v) is 4.67. The number of benzene rings is 2. The van der Waals surface area contributed by atoms with Gasteiger partial charge in [0.15, 0.2) is 0 Å². The molecule has 1 saturated heterocycles. The Bertz CT molecular complexity index is 1140. The Morgan fingerprint density at radius 1 is 1.10 bits per heavy atom. The predicted molar refractivity (Wildman–Crippen MR) is 119 cm³/mol. The maximum Gasteiger partial charge on any atom is 0.300 e. The highest BCUT2D eigenvalue weighted by Crippen LogP contribution is 2.45. The van der Waals surface area contributed by atoms with Crippen LogP contribution in [0.1, 0.15) is 22.0 Å². The van der Waals surface area contributed by atoms with E-state index in [0.29, 0.717) is 21.8 Å². The minimum absolute atomic E-state index is 0.0687. The number of carbonyl (C=O) groups is 2. The molecular formula is C22H15BrClNO3S. The quantitative estimate of drug-likeness (QED) is 0.275. The van der Waals surface area contributed by atoms with E-state index in [2.05, 4.69) is 15.9 Å². The monoisotopic (exact) mass is 487 g/mol. The molecule has 0 spiro atoms. The van der Waals surface area contributed by atoms with Crippen LogP contribution < -0.4 is 4.90 Å². The van der Waals surface area contributed by atoms with Crippen molar-refractivity contribution >= 4 is 62.0 Å². The van der Waals surface area contributed by atoms with E-state index < -0.39 is 17.7 Å². The van der Waals surface area contributed by atoms with E-state index in [1.807, 2.05) is 17.5 Å². The van der Waals surface area contributed by atoms with E-state index in [4.69, 9.17) is 11.6 Å². The third kappa shape index (κ3) is 3.41.